The number of anilines is 1. The summed E-state index contributed by atoms with van der Waals surface area (Å²) in [5.74, 6) is 0.114. The maximum absolute atomic E-state index is 13.0. The lowest BCUT2D eigenvalue weighted by atomic mass is 10.2. The highest BCUT2D eigenvalue weighted by Crippen LogP contribution is 2.28. The van der Waals surface area contributed by atoms with Crippen LogP contribution in [0, 0.1) is 0 Å². The van der Waals surface area contributed by atoms with Crippen molar-refractivity contribution in [1.82, 2.24) is 19.9 Å². The van der Waals surface area contributed by atoms with E-state index in [-0.39, 0.29) is 5.91 Å². The zero-order valence-corrected chi connectivity index (χ0v) is 16.3. The molecule has 0 radical (unpaired) electrons. The standard InChI is InChI=1S/C22H23N5O2/c1-29-13-7-12-27-20(23)18(22(28)24-14-15-8-3-2-4-9-15)19-21(27)26-17-11-6-5-10-16(17)25-19/h2-6,8-11H,7,12-14,23H2,1H3,(H,24,28). The normalized spacial score (nSPS) is 11.2. The summed E-state index contributed by atoms with van der Waals surface area (Å²) in [6.45, 7) is 1.60. The van der Waals surface area contributed by atoms with Gasteiger partial charge in [-0.05, 0) is 24.1 Å². The summed E-state index contributed by atoms with van der Waals surface area (Å²) >= 11 is 0. The van der Waals surface area contributed by atoms with Crippen molar-refractivity contribution >= 4 is 33.9 Å². The number of fused-ring (bicyclic) bond motifs is 2. The zero-order chi connectivity index (χ0) is 20.2. The Labute approximate surface area is 168 Å². The molecule has 0 aliphatic rings. The van der Waals surface area contributed by atoms with Gasteiger partial charge in [0.2, 0.25) is 0 Å². The summed E-state index contributed by atoms with van der Waals surface area (Å²) in [7, 11) is 1.66. The Morgan fingerprint density at radius 1 is 1.07 bits per heavy atom. The minimum Gasteiger partial charge on any atom is -0.385 e. The van der Waals surface area contributed by atoms with Crippen molar-refractivity contribution in [3.63, 3.8) is 0 Å². The van der Waals surface area contributed by atoms with Gasteiger partial charge in [0.25, 0.3) is 5.91 Å². The minimum atomic E-state index is -0.258. The average Bonchev–Trinajstić information content (AvgIpc) is 3.02. The van der Waals surface area contributed by atoms with E-state index in [9.17, 15) is 4.79 Å². The molecule has 3 N–H and O–H groups in total. The molecule has 1 amide bonds. The predicted octanol–water partition coefficient (Wildman–Crippen LogP) is 3.13. The quantitative estimate of drug-likeness (QED) is 0.474. The molecule has 2 heterocycles. The van der Waals surface area contributed by atoms with Crippen molar-refractivity contribution < 1.29 is 9.53 Å². The first kappa shape index (κ1) is 18.9. The lowest BCUT2D eigenvalue weighted by Gasteiger charge is -2.08. The molecule has 29 heavy (non-hydrogen) atoms. The van der Waals surface area contributed by atoms with Crippen LogP contribution >= 0.6 is 0 Å². The number of para-hydroxylation sites is 2. The van der Waals surface area contributed by atoms with E-state index in [2.05, 4.69) is 5.32 Å². The van der Waals surface area contributed by atoms with Crippen LogP contribution in [0.5, 0.6) is 0 Å². The van der Waals surface area contributed by atoms with E-state index in [1.54, 1.807) is 7.11 Å². The van der Waals surface area contributed by atoms with Gasteiger partial charge in [0.15, 0.2) is 5.65 Å². The maximum Gasteiger partial charge on any atom is 0.257 e. The van der Waals surface area contributed by atoms with Gasteiger partial charge in [0, 0.05) is 26.8 Å². The molecular formula is C22H23N5O2. The van der Waals surface area contributed by atoms with Gasteiger partial charge in [-0.2, -0.15) is 0 Å². The van der Waals surface area contributed by atoms with E-state index >= 15 is 0 Å². The third-order valence-electron chi connectivity index (χ3n) is 4.84. The SMILES string of the molecule is COCCCn1c(N)c(C(=O)NCc2ccccc2)c2nc3ccccc3nc21. The summed E-state index contributed by atoms with van der Waals surface area (Å²) in [6.07, 6.45) is 0.754. The van der Waals surface area contributed by atoms with Gasteiger partial charge in [-0.15, -0.1) is 0 Å². The van der Waals surface area contributed by atoms with E-state index in [1.165, 1.54) is 0 Å². The van der Waals surface area contributed by atoms with E-state index in [4.69, 9.17) is 20.4 Å². The molecular weight excluding hydrogens is 366 g/mol. The number of hydrogen-bond acceptors (Lipinski definition) is 5. The topological polar surface area (TPSA) is 95.1 Å². The second-order valence-electron chi connectivity index (χ2n) is 6.81. The van der Waals surface area contributed by atoms with E-state index in [0.29, 0.717) is 42.2 Å². The molecule has 7 heteroatoms. The van der Waals surface area contributed by atoms with Crippen LogP contribution in [0.3, 0.4) is 0 Å². The van der Waals surface area contributed by atoms with Crippen LogP contribution in [-0.4, -0.2) is 34.2 Å². The van der Waals surface area contributed by atoms with Crippen LogP contribution in [0.2, 0.25) is 0 Å². The molecule has 0 aliphatic heterocycles. The number of carbonyl (C=O) groups excluding carboxylic acids is 1. The molecule has 2 aromatic heterocycles. The molecule has 0 unspecified atom stereocenters. The lowest BCUT2D eigenvalue weighted by Crippen LogP contribution is -2.24. The largest absolute Gasteiger partial charge is 0.385 e. The number of benzene rings is 2. The van der Waals surface area contributed by atoms with Crippen LogP contribution in [0.25, 0.3) is 22.2 Å². The second-order valence-corrected chi connectivity index (χ2v) is 6.81. The average molecular weight is 389 g/mol. The Morgan fingerprint density at radius 3 is 2.48 bits per heavy atom. The maximum atomic E-state index is 13.0. The van der Waals surface area contributed by atoms with Gasteiger partial charge >= 0.3 is 0 Å². The highest BCUT2D eigenvalue weighted by atomic mass is 16.5. The smallest absolute Gasteiger partial charge is 0.257 e. The molecule has 7 nitrogen and oxygen atoms in total. The fourth-order valence-electron chi connectivity index (χ4n) is 3.40. The molecule has 0 aliphatic carbocycles. The minimum absolute atomic E-state index is 0.258. The number of nitrogens with one attached hydrogen (secondary N) is 1. The third kappa shape index (κ3) is 3.77. The zero-order valence-electron chi connectivity index (χ0n) is 16.3. The Balaban J connectivity index is 1.75. The first-order valence-corrected chi connectivity index (χ1v) is 9.54. The van der Waals surface area contributed by atoms with Gasteiger partial charge in [0.05, 0.1) is 11.0 Å². The van der Waals surface area contributed by atoms with Crippen molar-refractivity contribution in [1.29, 1.82) is 0 Å². The number of nitrogens with zero attached hydrogens (tertiary/aromatic N) is 3. The number of aromatic nitrogens is 3. The van der Waals surface area contributed by atoms with Crippen molar-refractivity contribution in [3.05, 3.63) is 65.7 Å². The number of carbonyl (C=O) groups is 1. The highest BCUT2D eigenvalue weighted by molar-refractivity contribution is 6.10. The van der Waals surface area contributed by atoms with Crippen molar-refractivity contribution in [3.8, 4) is 0 Å². The first-order valence-electron chi connectivity index (χ1n) is 9.54. The van der Waals surface area contributed by atoms with Gasteiger partial charge in [-0.1, -0.05) is 42.5 Å². The summed E-state index contributed by atoms with van der Waals surface area (Å²) in [5, 5.41) is 2.95. The van der Waals surface area contributed by atoms with Crippen molar-refractivity contribution in [2.75, 3.05) is 19.5 Å². The molecule has 2 aromatic carbocycles. The number of aryl methyl sites for hydroxylation is 1. The number of ether oxygens (including phenoxy) is 1. The van der Waals surface area contributed by atoms with Crippen LogP contribution in [-0.2, 0) is 17.8 Å². The van der Waals surface area contributed by atoms with Crippen LogP contribution in [0.15, 0.2) is 54.6 Å². The van der Waals surface area contributed by atoms with Gasteiger partial charge in [0.1, 0.15) is 16.9 Å². The van der Waals surface area contributed by atoms with Crippen LogP contribution < -0.4 is 11.1 Å². The van der Waals surface area contributed by atoms with Crippen LogP contribution in [0.4, 0.5) is 5.82 Å². The van der Waals surface area contributed by atoms with Gasteiger partial charge in [-0.25, -0.2) is 9.97 Å². The Kier molecular flexibility index (Phi) is 5.39. The van der Waals surface area contributed by atoms with E-state index < -0.39 is 0 Å². The number of rotatable bonds is 7. The third-order valence-corrected chi connectivity index (χ3v) is 4.84. The van der Waals surface area contributed by atoms with Crippen molar-refractivity contribution in [2.24, 2.45) is 0 Å². The summed E-state index contributed by atoms with van der Waals surface area (Å²) in [5.41, 5.74) is 10.4. The summed E-state index contributed by atoms with van der Waals surface area (Å²) in [6, 6.07) is 17.3. The molecule has 0 fully saturated rings. The number of nitrogen functional groups attached to an aromatic ring is 1. The second kappa shape index (κ2) is 8.28. The van der Waals surface area contributed by atoms with Crippen LogP contribution in [0.1, 0.15) is 22.3 Å². The Hall–Kier alpha value is -3.45. The molecule has 0 atom stereocenters. The Bertz CT molecular complexity index is 1150. The molecule has 0 saturated carbocycles. The predicted molar refractivity (Wildman–Crippen MR) is 114 cm³/mol. The molecule has 0 spiro atoms. The van der Waals surface area contributed by atoms with Crippen molar-refractivity contribution in [2.45, 2.75) is 19.5 Å². The number of nitrogens with two attached hydrogens (primary N) is 1. The molecule has 0 saturated heterocycles. The first-order chi connectivity index (χ1) is 14.2. The molecule has 4 rings (SSSR count). The fraction of sp³-hybridized carbons (Fsp3) is 0.227. The summed E-state index contributed by atoms with van der Waals surface area (Å²) in [4.78, 5) is 22.5. The Morgan fingerprint density at radius 2 is 1.76 bits per heavy atom. The number of hydrogen-bond donors (Lipinski definition) is 2. The highest BCUT2D eigenvalue weighted by Gasteiger charge is 2.23. The molecule has 148 valence electrons. The van der Waals surface area contributed by atoms with Gasteiger partial charge in [-0.3, -0.25) is 4.79 Å². The lowest BCUT2D eigenvalue weighted by molar-refractivity contribution is 0.0953. The monoisotopic (exact) mass is 389 g/mol. The van der Waals surface area contributed by atoms with E-state index in [1.807, 2.05) is 59.2 Å². The van der Waals surface area contributed by atoms with E-state index in [0.717, 1.165) is 23.0 Å². The number of methoxy groups -OCH3 is 1. The molecule has 4 aromatic rings. The fourth-order valence-corrected chi connectivity index (χ4v) is 3.40. The van der Waals surface area contributed by atoms with Gasteiger partial charge < -0.3 is 20.4 Å². The number of amides is 1. The molecule has 0 bridgehead atoms. The summed E-state index contributed by atoms with van der Waals surface area (Å²) < 4.78 is 7.01.